The number of hydrogen-bond acceptors (Lipinski definition) is 3. The van der Waals surface area contributed by atoms with Crippen molar-refractivity contribution in [2.24, 2.45) is 5.92 Å². The summed E-state index contributed by atoms with van der Waals surface area (Å²) in [6.07, 6.45) is -4.13. The van der Waals surface area contributed by atoms with E-state index in [0.29, 0.717) is 31.7 Å². The second-order valence-corrected chi connectivity index (χ2v) is 6.32. The van der Waals surface area contributed by atoms with E-state index in [0.717, 1.165) is 0 Å². The molecule has 1 amide bonds. The van der Waals surface area contributed by atoms with Gasteiger partial charge < -0.3 is 10.6 Å². The van der Waals surface area contributed by atoms with Gasteiger partial charge in [0.1, 0.15) is 11.9 Å². The molecule has 1 aromatic rings. The number of nitrogens with one attached hydrogen (secondary N) is 2. The van der Waals surface area contributed by atoms with E-state index in [4.69, 9.17) is 0 Å². The summed E-state index contributed by atoms with van der Waals surface area (Å²) < 4.78 is 53.1. The Bertz CT molecular complexity index is 573. The van der Waals surface area contributed by atoms with Crippen molar-refractivity contribution in [3.63, 3.8) is 0 Å². The first-order valence-electron chi connectivity index (χ1n) is 8.31. The summed E-state index contributed by atoms with van der Waals surface area (Å²) in [5.41, 5.74) is 0.636. The summed E-state index contributed by atoms with van der Waals surface area (Å²) in [5, 5.41) is 5.42. The molecule has 2 rings (SSSR count). The minimum Gasteiger partial charge on any atom is -0.354 e. The van der Waals surface area contributed by atoms with Gasteiger partial charge >= 0.3 is 6.18 Å². The van der Waals surface area contributed by atoms with E-state index in [1.165, 1.54) is 17.0 Å². The molecule has 1 heterocycles. The maximum absolute atomic E-state index is 13.3. The van der Waals surface area contributed by atoms with Crippen LogP contribution in [0.5, 0.6) is 0 Å². The molecule has 0 aromatic heterocycles. The van der Waals surface area contributed by atoms with E-state index in [1.807, 2.05) is 0 Å². The van der Waals surface area contributed by atoms with Crippen LogP contribution in [-0.2, 0) is 11.2 Å². The molecular weight excluding hydrogens is 338 g/mol. The minimum atomic E-state index is -4.41. The first kappa shape index (κ1) is 19.7. The Balaban J connectivity index is 1.91. The van der Waals surface area contributed by atoms with Gasteiger partial charge in [0, 0.05) is 38.6 Å². The molecule has 0 aliphatic carbocycles. The van der Waals surface area contributed by atoms with Gasteiger partial charge in [0.05, 0.1) is 0 Å². The highest BCUT2D eigenvalue weighted by Crippen LogP contribution is 2.25. The topological polar surface area (TPSA) is 44.4 Å². The van der Waals surface area contributed by atoms with Crippen LogP contribution in [0.2, 0.25) is 0 Å². The van der Waals surface area contributed by atoms with Crippen LogP contribution in [0.4, 0.5) is 17.6 Å². The maximum atomic E-state index is 13.3. The highest BCUT2D eigenvalue weighted by Gasteiger charge is 2.43. The van der Waals surface area contributed by atoms with Gasteiger partial charge in [0.15, 0.2) is 0 Å². The molecule has 0 radical (unpaired) electrons. The second-order valence-electron chi connectivity index (χ2n) is 6.32. The summed E-state index contributed by atoms with van der Waals surface area (Å²) >= 11 is 0. The van der Waals surface area contributed by atoms with Gasteiger partial charge in [-0.15, -0.1) is 0 Å². The normalized spacial score (nSPS) is 18.6. The largest absolute Gasteiger partial charge is 0.405 e. The summed E-state index contributed by atoms with van der Waals surface area (Å²) in [6, 6.07) is 4.16. The molecule has 0 saturated carbocycles. The molecule has 0 bridgehead atoms. The fraction of sp³-hybridized carbons (Fsp3) is 0.588. The highest BCUT2D eigenvalue weighted by atomic mass is 19.4. The predicted molar refractivity (Wildman–Crippen MR) is 86.6 cm³/mol. The molecule has 1 aromatic carbocycles. The SMILES string of the molecule is CC(Cc1cccc(F)c1)C(=O)NCC(N1CCNCC1)C(F)(F)F. The maximum Gasteiger partial charge on any atom is 0.405 e. The quantitative estimate of drug-likeness (QED) is 0.762. The van der Waals surface area contributed by atoms with Crippen LogP contribution in [0.25, 0.3) is 0 Å². The molecule has 4 nitrogen and oxygen atoms in total. The van der Waals surface area contributed by atoms with Crippen LogP contribution >= 0.6 is 0 Å². The Morgan fingerprint density at radius 2 is 2.00 bits per heavy atom. The summed E-state index contributed by atoms with van der Waals surface area (Å²) in [5.74, 6) is -1.41. The molecule has 2 atom stereocenters. The molecule has 1 saturated heterocycles. The smallest absolute Gasteiger partial charge is 0.354 e. The number of carbonyl (C=O) groups excluding carboxylic acids is 1. The van der Waals surface area contributed by atoms with Gasteiger partial charge in [0.25, 0.3) is 0 Å². The van der Waals surface area contributed by atoms with E-state index in [9.17, 15) is 22.4 Å². The number of rotatable bonds is 6. The van der Waals surface area contributed by atoms with Crippen molar-refractivity contribution >= 4 is 5.91 Å². The molecular formula is C17H23F4N3O. The van der Waals surface area contributed by atoms with Crippen molar-refractivity contribution in [1.29, 1.82) is 0 Å². The van der Waals surface area contributed by atoms with Crippen LogP contribution in [0.3, 0.4) is 0 Å². The summed E-state index contributed by atoms with van der Waals surface area (Å²) in [7, 11) is 0. The Morgan fingerprint density at radius 1 is 1.32 bits per heavy atom. The average Bonchev–Trinajstić information content (AvgIpc) is 2.54. The van der Waals surface area contributed by atoms with Crippen molar-refractivity contribution in [1.82, 2.24) is 15.5 Å². The fourth-order valence-electron chi connectivity index (χ4n) is 2.93. The minimum absolute atomic E-state index is 0.272. The lowest BCUT2D eigenvalue weighted by Crippen LogP contribution is -2.57. The third-order valence-electron chi connectivity index (χ3n) is 4.32. The van der Waals surface area contributed by atoms with E-state index in [1.54, 1.807) is 19.1 Å². The van der Waals surface area contributed by atoms with Gasteiger partial charge in [0.2, 0.25) is 5.91 Å². The lowest BCUT2D eigenvalue weighted by atomic mass is 10.00. The van der Waals surface area contributed by atoms with Crippen molar-refractivity contribution in [3.05, 3.63) is 35.6 Å². The van der Waals surface area contributed by atoms with Crippen molar-refractivity contribution in [2.45, 2.75) is 25.6 Å². The Hall–Kier alpha value is -1.67. The molecule has 1 aliphatic heterocycles. The van der Waals surface area contributed by atoms with E-state index >= 15 is 0 Å². The number of hydrogen-bond donors (Lipinski definition) is 2. The van der Waals surface area contributed by atoms with Crippen LogP contribution in [0.1, 0.15) is 12.5 Å². The standard InChI is InChI=1S/C17H23F4N3O/c1-12(9-13-3-2-4-14(18)10-13)16(25)23-11-15(17(19,20)21)24-7-5-22-6-8-24/h2-4,10,12,15,22H,5-9,11H2,1H3,(H,23,25). The van der Waals surface area contributed by atoms with Crippen LogP contribution in [0, 0.1) is 11.7 Å². The van der Waals surface area contributed by atoms with E-state index < -0.39 is 36.4 Å². The number of halogens is 4. The zero-order valence-corrected chi connectivity index (χ0v) is 14.1. The molecule has 8 heteroatoms. The van der Waals surface area contributed by atoms with Crippen molar-refractivity contribution < 1.29 is 22.4 Å². The third kappa shape index (κ3) is 5.97. The van der Waals surface area contributed by atoms with Gasteiger partial charge in [-0.1, -0.05) is 19.1 Å². The van der Waals surface area contributed by atoms with Gasteiger partial charge in [-0.05, 0) is 24.1 Å². The number of nitrogens with zero attached hydrogens (tertiary/aromatic N) is 1. The number of piperazine rings is 1. The molecule has 2 unspecified atom stereocenters. The van der Waals surface area contributed by atoms with Gasteiger partial charge in [-0.3, -0.25) is 9.69 Å². The zero-order chi connectivity index (χ0) is 18.4. The van der Waals surface area contributed by atoms with Crippen LogP contribution in [0.15, 0.2) is 24.3 Å². The third-order valence-corrected chi connectivity index (χ3v) is 4.32. The summed E-state index contributed by atoms with van der Waals surface area (Å²) in [4.78, 5) is 13.5. The van der Waals surface area contributed by atoms with Gasteiger partial charge in [-0.2, -0.15) is 13.2 Å². The monoisotopic (exact) mass is 361 g/mol. The lowest BCUT2D eigenvalue weighted by Gasteiger charge is -2.36. The fourth-order valence-corrected chi connectivity index (χ4v) is 2.93. The first-order valence-corrected chi connectivity index (χ1v) is 8.31. The molecule has 0 spiro atoms. The zero-order valence-electron chi connectivity index (χ0n) is 14.1. The number of alkyl halides is 3. The first-order chi connectivity index (χ1) is 11.8. The molecule has 1 fully saturated rings. The number of amides is 1. The molecule has 140 valence electrons. The molecule has 1 aliphatic rings. The van der Waals surface area contributed by atoms with Crippen molar-refractivity contribution in [2.75, 3.05) is 32.7 Å². The second kappa shape index (κ2) is 8.62. The Labute approximate surface area is 144 Å². The lowest BCUT2D eigenvalue weighted by molar-refractivity contribution is -0.184. The Kier molecular flexibility index (Phi) is 6.78. The predicted octanol–water partition coefficient (Wildman–Crippen LogP) is 1.96. The van der Waals surface area contributed by atoms with Crippen LogP contribution < -0.4 is 10.6 Å². The summed E-state index contributed by atoms with van der Waals surface area (Å²) in [6.45, 7) is 2.72. The molecule has 25 heavy (non-hydrogen) atoms. The highest BCUT2D eigenvalue weighted by molar-refractivity contribution is 5.78. The van der Waals surface area contributed by atoms with Crippen LogP contribution in [-0.4, -0.2) is 55.7 Å². The number of benzene rings is 1. The Morgan fingerprint density at radius 3 is 2.60 bits per heavy atom. The van der Waals surface area contributed by atoms with Gasteiger partial charge in [-0.25, -0.2) is 4.39 Å². The van der Waals surface area contributed by atoms with E-state index in [-0.39, 0.29) is 6.42 Å². The number of carbonyl (C=O) groups is 1. The van der Waals surface area contributed by atoms with Crippen molar-refractivity contribution in [3.8, 4) is 0 Å². The molecule has 2 N–H and O–H groups in total. The van der Waals surface area contributed by atoms with E-state index in [2.05, 4.69) is 10.6 Å². The average molecular weight is 361 g/mol.